The molecule has 0 bridgehead atoms. The third kappa shape index (κ3) is 2.87. The monoisotopic (exact) mass is 310 g/mol. The molecule has 5 heteroatoms. The number of aromatic carboxylic acids is 1. The number of hydrogen-bond donors (Lipinski definition) is 1. The van der Waals surface area contributed by atoms with Crippen molar-refractivity contribution in [3.8, 4) is 11.5 Å². The lowest BCUT2D eigenvalue weighted by Crippen LogP contribution is -2.00. The molecule has 0 aliphatic heterocycles. The van der Waals surface area contributed by atoms with Crippen LogP contribution in [0.15, 0.2) is 46.9 Å². The zero-order valence-corrected chi connectivity index (χ0v) is 10.6. The van der Waals surface area contributed by atoms with E-state index < -0.39 is 11.8 Å². The summed E-state index contributed by atoms with van der Waals surface area (Å²) >= 11 is 3.28. The zero-order valence-electron chi connectivity index (χ0n) is 9.06. The van der Waals surface area contributed by atoms with E-state index in [1.807, 2.05) is 6.07 Å². The van der Waals surface area contributed by atoms with Gasteiger partial charge in [-0.3, -0.25) is 0 Å². The van der Waals surface area contributed by atoms with E-state index in [2.05, 4.69) is 15.9 Å². The summed E-state index contributed by atoms with van der Waals surface area (Å²) in [6.45, 7) is 0. The van der Waals surface area contributed by atoms with Crippen LogP contribution in [-0.2, 0) is 0 Å². The first-order chi connectivity index (χ1) is 8.56. The topological polar surface area (TPSA) is 46.5 Å². The van der Waals surface area contributed by atoms with Crippen molar-refractivity contribution in [2.45, 2.75) is 0 Å². The van der Waals surface area contributed by atoms with Gasteiger partial charge in [0, 0.05) is 4.47 Å². The van der Waals surface area contributed by atoms with Crippen molar-refractivity contribution in [1.82, 2.24) is 0 Å². The minimum atomic E-state index is -1.24. The molecule has 0 atom stereocenters. The number of rotatable bonds is 3. The predicted molar refractivity (Wildman–Crippen MR) is 67.6 cm³/mol. The van der Waals surface area contributed by atoms with Crippen LogP contribution in [0.5, 0.6) is 11.5 Å². The molecule has 92 valence electrons. The quantitative estimate of drug-likeness (QED) is 0.929. The van der Waals surface area contributed by atoms with Crippen LogP contribution in [0, 0.1) is 5.82 Å². The summed E-state index contributed by atoms with van der Waals surface area (Å²) in [6, 6.07) is 10.3. The standard InChI is InChI=1S/C13H8BrFO3/c14-8-2-1-3-10(6-8)18-12-5-4-9(15)7-11(12)13(16)17/h1-7H,(H,16,17). The molecule has 0 fully saturated rings. The first-order valence-electron chi connectivity index (χ1n) is 5.02. The van der Waals surface area contributed by atoms with E-state index in [0.29, 0.717) is 5.75 Å². The Kier molecular flexibility index (Phi) is 3.62. The van der Waals surface area contributed by atoms with Gasteiger partial charge in [0.25, 0.3) is 0 Å². The normalized spacial score (nSPS) is 10.1. The molecule has 18 heavy (non-hydrogen) atoms. The summed E-state index contributed by atoms with van der Waals surface area (Å²) in [5.74, 6) is -1.28. The summed E-state index contributed by atoms with van der Waals surface area (Å²) in [5, 5.41) is 8.97. The summed E-state index contributed by atoms with van der Waals surface area (Å²) in [6.07, 6.45) is 0. The molecule has 0 saturated carbocycles. The lowest BCUT2D eigenvalue weighted by Gasteiger charge is -2.08. The zero-order chi connectivity index (χ0) is 13.1. The Labute approximate surface area is 111 Å². The summed E-state index contributed by atoms with van der Waals surface area (Å²) in [5.41, 5.74) is -0.213. The van der Waals surface area contributed by atoms with Gasteiger partial charge < -0.3 is 9.84 Å². The first-order valence-corrected chi connectivity index (χ1v) is 5.82. The molecule has 2 aromatic carbocycles. The van der Waals surface area contributed by atoms with E-state index in [1.54, 1.807) is 18.2 Å². The van der Waals surface area contributed by atoms with Crippen molar-refractivity contribution in [2.24, 2.45) is 0 Å². The molecule has 0 spiro atoms. The molecule has 3 nitrogen and oxygen atoms in total. The maximum atomic E-state index is 13.0. The highest BCUT2D eigenvalue weighted by atomic mass is 79.9. The van der Waals surface area contributed by atoms with Gasteiger partial charge in [-0.15, -0.1) is 0 Å². The fraction of sp³-hybridized carbons (Fsp3) is 0. The van der Waals surface area contributed by atoms with Crippen molar-refractivity contribution < 1.29 is 19.0 Å². The molecule has 0 aliphatic carbocycles. The highest BCUT2D eigenvalue weighted by Crippen LogP contribution is 2.27. The number of benzene rings is 2. The van der Waals surface area contributed by atoms with Crippen molar-refractivity contribution in [1.29, 1.82) is 0 Å². The van der Waals surface area contributed by atoms with E-state index >= 15 is 0 Å². The third-order valence-corrected chi connectivity index (χ3v) is 2.69. The van der Waals surface area contributed by atoms with Crippen LogP contribution in [0.4, 0.5) is 4.39 Å². The van der Waals surface area contributed by atoms with Gasteiger partial charge in [0.1, 0.15) is 22.9 Å². The lowest BCUT2D eigenvalue weighted by molar-refractivity contribution is 0.0693. The maximum absolute atomic E-state index is 13.0. The number of carboxylic acid groups (broad SMARTS) is 1. The molecule has 2 rings (SSSR count). The van der Waals surface area contributed by atoms with E-state index in [9.17, 15) is 9.18 Å². The molecule has 0 radical (unpaired) electrons. The number of halogens is 2. The van der Waals surface area contributed by atoms with E-state index in [-0.39, 0.29) is 11.3 Å². The summed E-state index contributed by atoms with van der Waals surface area (Å²) < 4.78 is 19.2. The van der Waals surface area contributed by atoms with Crippen molar-refractivity contribution >= 4 is 21.9 Å². The second kappa shape index (κ2) is 5.18. The Morgan fingerprint density at radius 1 is 1.22 bits per heavy atom. The molecular formula is C13H8BrFO3. The van der Waals surface area contributed by atoms with Gasteiger partial charge >= 0.3 is 5.97 Å². The molecule has 0 aromatic heterocycles. The first kappa shape index (κ1) is 12.6. The molecule has 0 aliphatic rings. The van der Waals surface area contributed by atoms with Crippen LogP contribution >= 0.6 is 15.9 Å². The van der Waals surface area contributed by atoms with Crippen molar-refractivity contribution in [2.75, 3.05) is 0 Å². The van der Waals surface area contributed by atoms with Crippen LogP contribution < -0.4 is 4.74 Å². The van der Waals surface area contributed by atoms with Crippen LogP contribution in [0.3, 0.4) is 0 Å². The number of carboxylic acids is 1. The predicted octanol–water partition coefficient (Wildman–Crippen LogP) is 4.08. The van der Waals surface area contributed by atoms with Gasteiger partial charge in [0.2, 0.25) is 0 Å². The Morgan fingerprint density at radius 2 is 2.00 bits per heavy atom. The highest BCUT2D eigenvalue weighted by Gasteiger charge is 2.13. The van der Waals surface area contributed by atoms with Gasteiger partial charge in [-0.25, -0.2) is 9.18 Å². The van der Waals surface area contributed by atoms with Crippen molar-refractivity contribution in [3.63, 3.8) is 0 Å². The smallest absolute Gasteiger partial charge is 0.339 e. The Hall–Kier alpha value is -1.88. The number of hydrogen-bond acceptors (Lipinski definition) is 2. The summed E-state index contributed by atoms with van der Waals surface area (Å²) in [7, 11) is 0. The summed E-state index contributed by atoms with van der Waals surface area (Å²) in [4.78, 5) is 11.0. The van der Waals surface area contributed by atoms with E-state index in [0.717, 1.165) is 16.6 Å². The Bertz CT molecular complexity index is 599. The van der Waals surface area contributed by atoms with Gasteiger partial charge in [-0.2, -0.15) is 0 Å². The molecule has 0 amide bonds. The fourth-order valence-electron chi connectivity index (χ4n) is 1.42. The third-order valence-electron chi connectivity index (χ3n) is 2.20. The van der Waals surface area contributed by atoms with Gasteiger partial charge in [0.05, 0.1) is 0 Å². The Balaban J connectivity index is 2.37. The molecule has 2 aromatic rings. The lowest BCUT2D eigenvalue weighted by atomic mass is 10.2. The number of ether oxygens (including phenoxy) is 1. The average Bonchev–Trinajstić information content (AvgIpc) is 2.31. The molecular weight excluding hydrogens is 303 g/mol. The molecule has 0 heterocycles. The molecule has 1 N–H and O–H groups in total. The largest absolute Gasteiger partial charge is 0.478 e. The second-order valence-corrected chi connectivity index (χ2v) is 4.42. The van der Waals surface area contributed by atoms with E-state index in [4.69, 9.17) is 9.84 Å². The van der Waals surface area contributed by atoms with Crippen LogP contribution in [0.25, 0.3) is 0 Å². The number of carbonyl (C=O) groups is 1. The van der Waals surface area contributed by atoms with Crippen molar-refractivity contribution in [3.05, 3.63) is 58.3 Å². The van der Waals surface area contributed by atoms with Crippen LogP contribution in [-0.4, -0.2) is 11.1 Å². The second-order valence-electron chi connectivity index (χ2n) is 3.51. The highest BCUT2D eigenvalue weighted by molar-refractivity contribution is 9.10. The fourth-order valence-corrected chi connectivity index (χ4v) is 1.79. The van der Waals surface area contributed by atoms with Gasteiger partial charge in [-0.1, -0.05) is 22.0 Å². The SMILES string of the molecule is O=C(O)c1cc(F)ccc1Oc1cccc(Br)c1. The van der Waals surface area contributed by atoms with Crippen LogP contribution in [0.2, 0.25) is 0 Å². The van der Waals surface area contributed by atoms with Gasteiger partial charge in [-0.05, 0) is 36.4 Å². The Morgan fingerprint density at radius 3 is 2.67 bits per heavy atom. The minimum Gasteiger partial charge on any atom is -0.478 e. The molecule has 0 unspecified atom stereocenters. The van der Waals surface area contributed by atoms with E-state index in [1.165, 1.54) is 6.07 Å². The maximum Gasteiger partial charge on any atom is 0.339 e. The minimum absolute atomic E-state index is 0.0991. The van der Waals surface area contributed by atoms with Crippen LogP contribution in [0.1, 0.15) is 10.4 Å². The van der Waals surface area contributed by atoms with Gasteiger partial charge in [0.15, 0.2) is 0 Å². The molecule has 0 saturated heterocycles. The average molecular weight is 311 g/mol.